The van der Waals surface area contributed by atoms with E-state index >= 15 is 0 Å². The number of ketones is 1. The fourth-order valence-electron chi connectivity index (χ4n) is 3.53. The molecule has 3 rings (SSSR count). The van der Waals surface area contributed by atoms with E-state index in [0.717, 1.165) is 37.9 Å². The van der Waals surface area contributed by atoms with Crippen LogP contribution in [0.5, 0.6) is 0 Å². The Morgan fingerprint density at radius 1 is 1.08 bits per heavy atom. The quantitative estimate of drug-likeness (QED) is 0.845. The first-order chi connectivity index (χ1) is 12.0. The molecular formula is C19H24N2O4. The molecule has 1 amide bonds. The summed E-state index contributed by atoms with van der Waals surface area (Å²) >= 11 is 0. The van der Waals surface area contributed by atoms with Gasteiger partial charge in [-0.05, 0) is 56.4 Å². The van der Waals surface area contributed by atoms with E-state index in [4.69, 9.17) is 10.5 Å². The van der Waals surface area contributed by atoms with Gasteiger partial charge in [0.15, 0.2) is 11.9 Å². The third-order valence-electron chi connectivity index (χ3n) is 5.04. The van der Waals surface area contributed by atoms with Crippen molar-refractivity contribution in [3.05, 3.63) is 29.8 Å². The van der Waals surface area contributed by atoms with Gasteiger partial charge >= 0.3 is 5.97 Å². The number of amides is 1. The molecule has 0 aromatic heterocycles. The van der Waals surface area contributed by atoms with Crippen LogP contribution in [0.15, 0.2) is 24.3 Å². The second-order valence-electron chi connectivity index (χ2n) is 6.84. The molecule has 1 saturated carbocycles. The molecule has 2 fully saturated rings. The van der Waals surface area contributed by atoms with Crippen LogP contribution in [0.1, 0.15) is 48.9 Å². The summed E-state index contributed by atoms with van der Waals surface area (Å²) in [7, 11) is 0. The van der Waals surface area contributed by atoms with Crippen molar-refractivity contribution in [2.24, 2.45) is 11.7 Å². The Morgan fingerprint density at radius 2 is 1.84 bits per heavy atom. The SMILES string of the molecule is NC(=O)C1CCCN(c2ccc(C(=O)OC3CCCCC3=O)cc2)C1. The van der Waals surface area contributed by atoms with Crippen LogP contribution in [0.2, 0.25) is 0 Å². The molecule has 1 heterocycles. The molecular weight excluding hydrogens is 320 g/mol. The van der Waals surface area contributed by atoms with E-state index in [9.17, 15) is 14.4 Å². The van der Waals surface area contributed by atoms with Crippen molar-refractivity contribution >= 4 is 23.3 Å². The van der Waals surface area contributed by atoms with E-state index in [1.54, 1.807) is 12.1 Å². The first-order valence-corrected chi connectivity index (χ1v) is 8.92. The Kier molecular flexibility index (Phi) is 5.36. The maximum absolute atomic E-state index is 12.2. The molecule has 2 atom stereocenters. The third kappa shape index (κ3) is 4.18. The summed E-state index contributed by atoms with van der Waals surface area (Å²) in [5.41, 5.74) is 6.81. The summed E-state index contributed by atoms with van der Waals surface area (Å²) in [5.74, 6) is -0.833. The molecule has 134 valence electrons. The van der Waals surface area contributed by atoms with Crippen LogP contribution in [-0.4, -0.2) is 36.9 Å². The lowest BCUT2D eigenvalue weighted by Gasteiger charge is -2.33. The van der Waals surface area contributed by atoms with Crippen LogP contribution >= 0.6 is 0 Å². The maximum Gasteiger partial charge on any atom is 0.338 e. The molecule has 6 nitrogen and oxygen atoms in total. The number of nitrogens with zero attached hydrogens (tertiary/aromatic N) is 1. The number of hydrogen-bond donors (Lipinski definition) is 1. The summed E-state index contributed by atoms with van der Waals surface area (Å²) in [6.07, 6.45) is 4.05. The van der Waals surface area contributed by atoms with Gasteiger partial charge in [0.05, 0.1) is 11.5 Å². The number of ether oxygens (including phenoxy) is 1. The summed E-state index contributed by atoms with van der Waals surface area (Å²) in [4.78, 5) is 37.5. The smallest absolute Gasteiger partial charge is 0.338 e. The number of benzene rings is 1. The molecule has 2 N–H and O–H groups in total. The molecule has 0 spiro atoms. The van der Waals surface area contributed by atoms with Gasteiger partial charge in [-0.1, -0.05) is 0 Å². The second kappa shape index (κ2) is 7.68. The van der Waals surface area contributed by atoms with Crippen LogP contribution in [-0.2, 0) is 14.3 Å². The van der Waals surface area contributed by atoms with E-state index in [0.29, 0.717) is 24.9 Å². The van der Waals surface area contributed by atoms with Gasteiger partial charge in [-0.25, -0.2) is 4.79 Å². The summed E-state index contributed by atoms with van der Waals surface area (Å²) in [6.45, 7) is 1.47. The zero-order chi connectivity index (χ0) is 17.8. The van der Waals surface area contributed by atoms with E-state index in [1.165, 1.54) is 0 Å². The number of nitrogens with two attached hydrogens (primary N) is 1. The predicted octanol–water partition coefficient (Wildman–Crippen LogP) is 2.06. The number of rotatable bonds is 4. The molecule has 1 aliphatic carbocycles. The first-order valence-electron chi connectivity index (χ1n) is 8.92. The standard InChI is InChI=1S/C19H24N2O4/c20-18(23)14-4-3-11-21(12-14)15-9-7-13(8-10-15)19(24)25-17-6-2-1-5-16(17)22/h7-10,14,17H,1-6,11-12H2,(H2,20,23). The normalized spacial score (nSPS) is 24.0. The fourth-order valence-corrected chi connectivity index (χ4v) is 3.53. The Morgan fingerprint density at radius 3 is 2.52 bits per heavy atom. The van der Waals surface area contributed by atoms with Crippen molar-refractivity contribution in [3.63, 3.8) is 0 Å². The number of esters is 1. The summed E-state index contributed by atoms with van der Waals surface area (Å²) in [5, 5.41) is 0. The average molecular weight is 344 g/mol. The van der Waals surface area contributed by atoms with Gasteiger partial charge in [0.25, 0.3) is 0 Å². The minimum atomic E-state index is -0.598. The van der Waals surface area contributed by atoms with Crippen molar-refractivity contribution in [1.82, 2.24) is 0 Å². The largest absolute Gasteiger partial charge is 0.451 e. The minimum Gasteiger partial charge on any atom is -0.451 e. The molecule has 1 saturated heterocycles. The number of anilines is 1. The number of primary amides is 1. The highest BCUT2D eigenvalue weighted by molar-refractivity contribution is 5.93. The van der Waals surface area contributed by atoms with Gasteiger partial charge in [-0.3, -0.25) is 9.59 Å². The van der Waals surface area contributed by atoms with Gasteiger partial charge in [-0.2, -0.15) is 0 Å². The van der Waals surface area contributed by atoms with Gasteiger partial charge in [0.2, 0.25) is 5.91 Å². The average Bonchev–Trinajstić information content (AvgIpc) is 2.64. The third-order valence-corrected chi connectivity index (χ3v) is 5.04. The van der Waals surface area contributed by atoms with Crippen LogP contribution in [0.4, 0.5) is 5.69 Å². The zero-order valence-corrected chi connectivity index (χ0v) is 14.3. The highest BCUT2D eigenvalue weighted by atomic mass is 16.5. The van der Waals surface area contributed by atoms with Crippen molar-refractivity contribution < 1.29 is 19.1 Å². The van der Waals surface area contributed by atoms with E-state index in [1.807, 2.05) is 12.1 Å². The lowest BCUT2D eigenvalue weighted by molar-refractivity contribution is -0.130. The topological polar surface area (TPSA) is 89.7 Å². The number of hydrogen-bond acceptors (Lipinski definition) is 5. The zero-order valence-electron chi connectivity index (χ0n) is 14.3. The monoisotopic (exact) mass is 344 g/mol. The molecule has 0 bridgehead atoms. The number of Topliss-reactive ketones (excluding diaryl/α,β-unsaturated/α-hetero) is 1. The van der Waals surface area contributed by atoms with E-state index in [2.05, 4.69) is 4.90 Å². The summed E-state index contributed by atoms with van der Waals surface area (Å²) in [6, 6.07) is 7.11. The minimum absolute atomic E-state index is 0.0158. The molecule has 25 heavy (non-hydrogen) atoms. The van der Waals surface area contributed by atoms with Gasteiger partial charge in [0, 0.05) is 25.2 Å². The molecule has 2 unspecified atom stereocenters. The van der Waals surface area contributed by atoms with E-state index in [-0.39, 0.29) is 17.6 Å². The van der Waals surface area contributed by atoms with Crippen LogP contribution in [0, 0.1) is 5.92 Å². The van der Waals surface area contributed by atoms with Gasteiger partial charge < -0.3 is 15.4 Å². The Balaban J connectivity index is 1.62. The van der Waals surface area contributed by atoms with Gasteiger partial charge in [0.1, 0.15) is 0 Å². The molecule has 1 aliphatic heterocycles. The lowest BCUT2D eigenvalue weighted by atomic mass is 9.96. The van der Waals surface area contributed by atoms with Gasteiger partial charge in [-0.15, -0.1) is 0 Å². The summed E-state index contributed by atoms with van der Waals surface area (Å²) < 4.78 is 5.36. The van der Waals surface area contributed by atoms with Crippen molar-refractivity contribution in [1.29, 1.82) is 0 Å². The van der Waals surface area contributed by atoms with Crippen molar-refractivity contribution in [2.75, 3.05) is 18.0 Å². The highest BCUT2D eigenvalue weighted by Gasteiger charge is 2.27. The van der Waals surface area contributed by atoms with Crippen LogP contribution in [0.3, 0.4) is 0 Å². The van der Waals surface area contributed by atoms with Crippen LogP contribution in [0.25, 0.3) is 0 Å². The highest BCUT2D eigenvalue weighted by Crippen LogP contribution is 2.24. The molecule has 1 aromatic rings. The predicted molar refractivity (Wildman–Crippen MR) is 93.3 cm³/mol. The number of carbonyl (C=O) groups is 3. The molecule has 2 aliphatic rings. The number of piperidine rings is 1. The van der Waals surface area contributed by atoms with Crippen molar-refractivity contribution in [3.8, 4) is 0 Å². The molecule has 1 aromatic carbocycles. The Bertz CT molecular complexity index is 656. The van der Waals surface area contributed by atoms with Crippen molar-refractivity contribution in [2.45, 2.75) is 44.6 Å². The Hall–Kier alpha value is -2.37. The second-order valence-corrected chi connectivity index (χ2v) is 6.84. The van der Waals surface area contributed by atoms with Crippen LogP contribution < -0.4 is 10.6 Å². The number of carbonyl (C=O) groups excluding carboxylic acids is 3. The lowest BCUT2D eigenvalue weighted by Crippen LogP contribution is -2.41. The maximum atomic E-state index is 12.2. The van der Waals surface area contributed by atoms with E-state index < -0.39 is 12.1 Å². The Labute approximate surface area is 147 Å². The first kappa shape index (κ1) is 17.5. The molecule has 6 heteroatoms. The molecule has 0 radical (unpaired) electrons. The fraction of sp³-hybridized carbons (Fsp3) is 0.526.